The number of nitrogens with two attached hydrogens (primary N) is 1. The first-order valence-corrected chi connectivity index (χ1v) is 5.39. The summed E-state index contributed by atoms with van der Waals surface area (Å²) < 4.78 is 5.48. The van der Waals surface area contributed by atoms with Gasteiger partial charge in [-0.3, -0.25) is 0 Å². The molecule has 0 saturated heterocycles. The number of thiocarbonyl (C=S) groups is 1. The Morgan fingerprint density at radius 2 is 2.33 bits per heavy atom. The van der Waals surface area contributed by atoms with Crippen molar-refractivity contribution in [2.24, 2.45) is 11.7 Å². The topological polar surface area (TPSA) is 48.1 Å². The van der Waals surface area contributed by atoms with Crippen LogP contribution in [0.2, 0.25) is 0 Å². The summed E-state index contributed by atoms with van der Waals surface area (Å²) in [6.07, 6.45) is 2.66. The molecule has 1 aromatic rings. The molecule has 0 atom stereocenters. The van der Waals surface area contributed by atoms with Crippen molar-refractivity contribution >= 4 is 17.2 Å². The van der Waals surface area contributed by atoms with Gasteiger partial charge in [0, 0.05) is 17.8 Å². The van der Waals surface area contributed by atoms with Crippen molar-refractivity contribution in [3.63, 3.8) is 0 Å². The maximum absolute atomic E-state index is 5.51. The molecule has 2 N–H and O–H groups in total. The van der Waals surface area contributed by atoms with Crippen LogP contribution in [0.4, 0.5) is 0 Å². The Morgan fingerprint density at radius 3 is 2.93 bits per heavy atom. The lowest BCUT2D eigenvalue weighted by atomic mass is 10.1. The van der Waals surface area contributed by atoms with Gasteiger partial charge >= 0.3 is 0 Å². The second-order valence-electron chi connectivity index (χ2n) is 3.78. The highest BCUT2D eigenvalue weighted by Crippen LogP contribution is 2.10. The van der Waals surface area contributed by atoms with E-state index in [4.69, 9.17) is 22.7 Å². The predicted molar refractivity (Wildman–Crippen MR) is 65.1 cm³/mol. The first-order chi connectivity index (χ1) is 7.09. The summed E-state index contributed by atoms with van der Waals surface area (Å²) in [7, 11) is 0. The number of rotatable bonds is 5. The van der Waals surface area contributed by atoms with Crippen molar-refractivity contribution in [3.05, 3.63) is 23.9 Å². The molecule has 0 aliphatic carbocycles. The van der Waals surface area contributed by atoms with E-state index in [1.807, 2.05) is 0 Å². The molecule has 0 aromatic carbocycles. The lowest BCUT2D eigenvalue weighted by molar-refractivity contribution is 0.279. The SMILES string of the molecule is CC(C)CCOc1cc(C(N)=S)ccn1. The minimum absolute atomic E-state index is 0.367. The summed E-state index contributed by atoms with van der Waals surface area (Å²) >= 11 is 4.87. The maximum atomic E-state index is 5.51. The van der Waals surface area contributed by atoms with Crippen molar-refractivity contribution in [2.45, 2.75) is 20.3 Å². The Morgan fingerprint density at radius 1 is 1.60 bits per heavy atom. The van der Waals surface area contributed by atoms with Crippen molar-refractivity contribution in [3.8, 4) is 5.88 Å². The molecule has 0 aliphatic rings. The van der Waals surface area contributed by atoms with Gasteiger partial charge in [-0.25, -0.2) is 4.98 Å². The fraction of sp³-hybridized carbons (Fsp3) is 0.455. The van der Waals surface area contributed by atoms with E-state index in [9.17, 15) is 0 Å². The standard InChI is InChI=1S/C11H16N2OS/c1-8(2)4-6-14-10-7-9(11(12)15)3-5-13-10/h3,5,7-8H,4,6H2,1-2H3,(H2,12,15). The van der Waals surface area contributed by atoms with E-state index < -0.39 is 0 Å². The minimum Gasteiger partial charge on any atom is -0.478 e. The van der Waals surface area contributed by atoms with Gasteiger partial charge < -0.3 is 10.5 Å². The lowest BCUT2D eigenvalue weighted by Gasteiger charge is -2.07. The van der Waals surface area contributed by atoms with E-state index in [-0.39, 0.29) is 0 Å². The Balaban J connectivity index is 2.54. The largest absolute Gasteiger partial charge is 0.478 e. The molecule has 0 fully saturated rings. The highest BCUT2D eigenvalue weighted by atomic mass is 32.1. The van der Waals surface area contributed by atoms with Crippen LogP contribution in [0, 0.1) is 5.92 Å². The molecule has 0 unspecified atom stereocenters. The Kier molecular flexibility index (Phi) is 4.49. The molecule has 82 valence electrons. The highest BCUT2D eigenvalue weighted by Gasteiger charge is 2.01. The smallest absolute Gasteiger partial charge is 0.213 e. The summed E-state index contributed by atoms with van der Waals surface area (Å²) in [6.45, 7) is 4.98. The van der Waals surface area contributed by atoms with Gasteiger partial charge in [-0.15, -0.1) is 0 Å². The number of ether oxygens (including phenoxy) is 1. The van der Waals surface area contributed by atoms with Gasteiger partial charge in [0.1, 0.15) is 4.99 Å². The van der Waals surface area contributed by atoms with Gasteiger partial charge in [0.2, 0.25) is 5.88 Å². The van der Waals surface area contributed by atoms with Crippen LogP contribution < -0.4 is 10.5 Å². The molecular weight excluding hydrogens is 208 g/mol. The third-order valence-electron chi connectivity index (χ3n) is 1.96. The van der Waals surface area contributed by atoms with Crippen LogP contribution >= 0.6 is 12.2 Å². The Bertz CT molecular complexity index is 339. The maximum Gasteiger partial charge on any atom is 0.213 e. The molecule has 0 saturated carbocycles. The van der Waals surface area contributed by atoms with Crippen LogP contribution in [0.1, 0.15) is 25.8 Å². The number of hydrogen-bond donors (Lipinski definition) is 1. The number of aromatic nitrogens is 1. The third-order valence-corrected chi connectivity index (χ3v) is 2.20. The molecule has 1 heterocycles. The molecular formula is C11H16N2OS. The highest BCUT2D eigenvalue weighted by molar-refractivity contribution is 7.80. The summed E-state index contributed by atoms with van der Waals surface area (Å²) in [5.41, 5.74) is 6.30. The molecule has 0 spiro atoms. The predicted octanol–water partition coefficient (Wildman–Crippen LogP) is 2.14. The van der Waals surface area contributed by atoms with Crippen LogP contribution in [0.5, 0.6) is 5.88 Å². The van der Waals surface area contributed by atoms with Crippen molar-refractivity contribution in [2.75, 3.05) is 6.61 Å². The fourth-order valence-corrected chi connectivity index (χ4v) is 1.17. The van der Waals surface area contributed by atoms with E-state index in [2.05, 4.69) is 18.8 Å². The van der Waals surface area contributed by atoms with Crippen molar-refractivity contribution < 1.29 is 4.74 Å². The average molecular weight is 224 g/mol. The van der Waals surface area contributed by atoms with Crippen LogP contribution in [0.3, 0.4) is 0 Å². The molecule has 15 heavy (non-hydrogen) atoms. The number of hydrogen-bond acceptors (Lipinski definition) is 3. The molecule has 1 aromatic heterocycles. The fourth-order valence-electron chi connectivity index (χ4n) is 1.04. The summed E-state index contributed by atoms with van der Waals surface area (Å²) in [5.74, 6) is 1.21. The zero-order chi connectivity index (χ0) is 11.3. The molecule has 0 bridgehead atoms. The molecule has 4 heteroatoms. The van der Waals surface area contributed by atoms with E-state index in [0.717, 1.165) is 12.0 Å². The van der Waals surface area contributed by atoms with E-state index in [0.29, 0.717) is 23.4 Å². The van der Waals surface area contributed by atoms with Gasteiger partial charge in [0.05, 0.1) is 6.61 Å². The van der Waals surface area contributed by atoms with E-state index >= 15 is 0 Å². The van der Waals surface area contributed by atoms with E-state index in [1.165, 1.54) is 0 Å². The summed E-state index contributed by atoms with van der Waals surface area (Å²) in [4.78, 5) is 4.45. The lowest BCUT2D eigenvalue weighted by Crippen LogP contribution is -2.10. The van der Waals surface area contributed by atoms with Crippen LogP contribution in [0.25, 0.3) is 0 Å². The van der Waals surface area contributed by atoms with Gasteiger partial charge in [0.25, 0.3) is 0 Å². The molecule has 1 rings (SSSR count). The second-order valence-corrected chi connectivity index (χ2v) is 4.22. The normalized spacial score (nSPS) is 10.3. The van der Waals surface area contributed by atoms with Crippen LogP contribution in [0.15, 0.2) is 18.3 Å². The Labute approximate surface area is 95.7 Å². The zero-order valence-electron chi connectivity index (χ0n) is 9.06. The Hall–Kier alpha value is -1.16. The van der Waals surface area contributed by atoms with E-state index in [1.54, 1.807) is 18.3 Å². The quantitative estimate of drug-likeness (QED) is 0.778. The zero-order valence-corrected chi connectivity index (χ0v) is 9.88. The summed E-state index contributed by atoms with van der Waals surface area (Å²) in [5, 5.41) is 0. The average Bonchev–Trinajstić information content (AvgIpc) is 2.17. The number of pyridine rings is 1. The molecule has 0 amide bonds. The minimum atomic E-state index is 0.367. The van der Waals surface area contributed by atoms with Crippen molar-refractivity contribution in [1.29, 1.82) is 0 Å². The van der Waals surface area contributed by atoms with Gasteiger partial charge in [-0.2, -0.15) is 0 Å². The van der Waals surface area contributed by atoms with Gasteiger partial charge in [-0.1, -0.05) is 26.1 Å². The first-order valence-electron chi connectivity index (χ1n) is 4.98. The second kappa shape index (κ2) is 5.66. The molecule has 3 nitrogen and oxygen atoms in total. The first kappa shape index (κ1) is 11.9. The van der Waals surface area contributed by atoms with Crippen LogP contribution in [-0.4, -0.2) is 16.6 Å². The van der Waals surface area contributed by atoms with Crippen LogP contribution in [-0.2, 0) is 0 Å². The monoisotopic (exact) mass is 224 g/mol. The summed E-state index contributed by atoms with van der Waals surface area (Å²) in [6, 6.07) is 3.54. The molecule has 0 aliphatic heterocycles. The third kappa shape index (κ3) is 4.25. The van der Waals surface area contributed by atoms with Crippen molar-refractivity contribution in [1.82, 2.24) is 4.98 Å². The number of nitrogens with zero attached hydrogens (tertiary/aromatic N) is 1. The van der Waals surface area contributed by atoms with Gasteiger partial charge in [-0.05, 0) is 18.4 Å². The molecule has 0 radical (unpaired) electrons. The van der Waals surface area contributed by atoms with Gasteiger partial charge in [0.15, 0.2) is 0 Å².